The summed E-state index contributed by atoms with van der Waals surface area (Å²) in [5, 5.41) is 2.04. The van der Waals surface area contributed by atoms with Crippen molar-refractivity contribution >= 4 is 34.2 Å². The minimum Gasteiger partial charge on any atom is -0.294 e. The van der Waals surface area contributed by atoms with Gasteiger partial charge in [0.05, 0.1) is 18.3 Å². The zero-order valence-electron chi connectivity index (χ0n) is 12.5. The normalized spacial score (nSPS) is 11.0. The lowest BCUT2D eigenvalue weighted by molar-refractivity contribution is -0.111. The molecule has 0 fully saturated rings. The van der Waals surface area contributed by atoms with E-state index in [0.717, 1.165) is 16.5 Å². The van der Waals surface area contributed by atoms with E-state index in [2.05, 4.69) is 4.99 Å². The van der Waals surface area contributed by atoms with Gasteiger partial charge < -0.3 is 0 Å². The van der Waals surface area contributed by atoms with Gasteiger partial charge in [0.25, 0.3) is 0 Å². The number of carbonyl (C=O) groups excluding carboxylic acids is 2. The molecule has 3 heteroatoms. The number of hydrogen-bond acceptors (Lipinski definition) is 3. The standard InChI is InChI=1S/C20H15NO2/c22-17(13-20(23)16-8-2-1-3-9-16)14-21-19-12-6-10-15-7-4-5-11-18(15)19/h1-12,14H,13H2. The van der Waals surface area contributed by atoms with Gasteiger partial charge >= 0.3 is 0 Å². The van der Waals surface area contributed by atoms with E-state index in [9.17, 15) is 9.59 Å². The predicted molar refractivity (Wildman–Crippen MR) is 92.5 cm³/mol. The maximum Gasteiger partial charge on any atom is 0.181 e. The van der Waals surface area contributed by atoms with Gasteiger partial charge in [-0.05, 0) is 11.5 Å². The van der Waals surface area contributed by atoms with E-state index in [1.54, 1.807) is 24.3 Å². The Bertz CT molecular complexity index is 877. The van der Waals surface area contributed by atoms with Crippen molar-refractivity contribution in [3.63, 3.8) is 0 Å². The summed E-state index contributed by atoms with van der Waals surface area (Å²) in [5.41, 5.74) is 1.27. The molecule has 0 aliphatic carbocycles. The summed E-state index contributed by atoms with van der Waals surface area (Å²) >= 11 is 0. The molecule has 3 aromatic rings. The van der Waals surface area contributed by atoms with Gasteiger partial charge in [-0.25, -0.2) is 0 Å². The highest BCUT2D eigenvalue weighted by Crippen LogP contribution is 2.25. The van der Waals surface area contributed by atoms with Gasteiger partial charge in [-0.1, -0.05) is 66.7 Å². The van der Waals surface area contributed by atoms with Crippen molar-refractivity contribution in [3.8, 4) is 0 Å². The Morgan fingerprint density at radius 1 is 0.826 bits per heavy atom. The van der Waals surface area contributed by atoms with Crippen LogP contribution in [-0.4, -0.2) is 17.8 Å². The lowest BCUT2D eigenvalue weighted by atomic mass is 10.1. The molecule has 0 aliphatic heterocycles. The third-order valence-electron chi connectivity index (χ3n) is 3.54. The minimum absolute atomic E-state index is 0.168. The molecule has 3 aromatic carbocycles. The van der Waals surface area contributed by atoms with Crippen LogP contribution in [0.5, 0.6) is 0 Å². The van der Waals surface area contributed by atoms with Gasteiger partial charge in [-0.3, -0.25) is 14.6 Å². The monoisotopic (exact) mass is 301 g/mol. The molecule has 0 heterocycles. The van der Waals surface area contributed by atoms with Crippen molar-refractivity contribution in [1.29, 1.82) is 0 Å². The lowest BCUT2D eigenvalue weighted by Gasteiger charge is -2.01. The Kier molecular flexibility index (Phi) is 4.39. The van der Waals surface area contributed by atoms with Crippen molar-refractivity contribution in [3.05, 3.63) is 78.4 Å². The summed E-state index contributed by atoms with van der Waals surface area (Å²) in [7, 11) is 0. The summed E-state index contributed by atoms with van der Waals surface area (Å²) in [6.45, 7) is 0. The molecule has 0 saturated carbocycles. The maximum absolute atomic E-state index is 12.0. The molecule has 0 radical (unpaired) electrons. The van der Waals surface area contributed by atoms with E-state index < -0.39 is 0 Å². The number of aliphatic imine (C=N–C) groups is 1. The summed E-state index contributed by atoms with van der Waals surface area (Å²) in [5.74, 6) is -0.494. The highest BCUT2D eigenvalue weighted by molar-refractivity contribution is 6.33. The molecule has 23 heavy (non-hydrogen) atoms. The molecule has 0 amide bonds. The fraction of sp³-hybridized carbons (Fsp3) is 0.0500. The predicted octanol–water partition coefficient (Wildman–Crippen LogP) is 4.38. The van der Waals surface area contributed by atoms with E-state index in [1.165, 1.54) is 6.21 Å². The second-order valence-corrected chi connectivity index (χ2v) is 5.19. The molecule has 0 aromatic heterocycles. The topological polar surface area (TPSA) is 46.5 Å². The quantitative estimate of drug-likeness (QED) is 0.399. The van der Waals surface area contributed by atoms with E-state index in [4.69, 9.17) is 0 Å². The van der Waals surface area contributed by atoms with Gasteiger partial charge in [-0.2, -0.15) is 0 Å². The molecule has 0 N–H and O–H groups in total. The zero-order valence-corrected chi connectivity index (χ0v) is 12.5. The highest BCUT2D eigenvalue weighted by atomic mass is 16.1. The Morgan fingerprint density at radius 2 is 1.52 bits per heavy atom. The number of carbonyl (C=O) groups is 2. The van der Waals surface area contributed by atoms with Crippen molar-refractivity contribution in [2.24, 2.45) is 4.99 Å². The first-order valence-corrected chi connectivity index (χ1v) is 7.37. The van der Waals surface area contributed by atoms with Crippen LogP contribution in [0.3, 0.4) is 0 Å². The zero-order chi connectivity index (χ0) is 16.1. The van der Waals surface area contributed by atoms with Crippen LogP contribution < -0.4 is 0 Å². The first-order valence-electron chi connectivity index (χ1n) is 7.37. The van der Waals surface area contributed by atoms with Crippen molar-refractivity contribution in [2.45, 2.75) is 6.42 Å². The second-order valence-electron chi connectivity index (χ2n) is 5.19. The molecule has 0 saturated heterocycles. The smallest absolute Gasteiger partial charge is 0.181 e. The molecule has 3 nitrogen and oxygen atoms in total. The number of rotatable bonds is 5. The van der Waals surface area contributed by atoms with Gasteiger partial charge in [-0.15, -0.1) is 0 Å². The van der Waals surface area contributed by atoms with Crippen LogP contribution in [0.15, 0.2) is 77.8 Å². The van der Waals surface area contributed by atoms with Crippen LogP contribution in [0.25, 0.3) is 10.8 Å². The van der Waals surface area contributed by atoms with Crippen LogP contribution in [-0.2, 0) is 4.79 Å². The van der Waals surface area contributed by atoms with Crippen molar-refractivity contribution in [2.75, 3.05) is 0 Å². The number of ketones is 2. The highest BCUT2D eigenvalue weighted by Gasteiger charge is 2.09. The van der Waals surface area contributed by atoms with Crippen molar-refractivity contribution < 1.29 is 9.59 Å². The molecule has 0 spiro atoms. The van der Waals surface area contributed by atoms with Crippen molar-refractivity contribution in [1.82, 2.24) is 0 Å². The third-order valence-corrected chi connectivity index (χ3v) is 3.54. The summed E-state index contributed by atoms with van der Waals surface area (Å²) in [4.78, 5) is 28.2. The number of nitrogens with zero attached hydrogens (tertiary/aromatic N) is 1. The Morgan fingerprint density at radius 3 is 2.35 bits per heavy atom. The number of benzene rings is 3. The van der Waals surface area contributed by atoms with Gasteiger partial charge in [0.15, 0.2) is 11.6 Å². The molecular formula is C20H15NO2. The van der Waals surface area contributed by atoms with Gasteiger partial charge in [0, 0.05) is 10.9 Å². The average Bonchev–Trinajstić information content (AvgIpc) is 2.60. The third kappa shape index (κ3) is 3.58. The Balaban J connectivity index is 1.74. The van der Waals surface area contributed by atoms with E-state index in [1.807, 2.05) is 48.5 Å². The molecule has 0 aliphatic rings. The molecule has 3 rings (SSSR count). The molecular weight excluding hydrogens is 286 g/mol. The first-order chi connectivity index (χ1) is 11.2. The molecule has 0 atom stereocenters. The summed E-state index contributed by atoms with van der Waals surface area (Å²) in [6, 6.07) is 22.4. The second kappa shape index (κ2) is 6.79. The van der Waals surface area contributed by atoms with Crippen LogP contribution >= 0.6 is 0 Å². The average molecular weight is 301 g/mol. The minimum atomic E-state index is -0.299. The number of fused-ring (bicyclic) bond motifs is 1. The fourth-order valence-electron chi connectivity index (χ4n) is 2.39. The SMILES string of the molecule is O=C(C=Nc1cccc2ccccc12)CC(=O)c1ccccc1. The Labute approximate surface area is 134 Å². The lowest BCUT2D eigenvalue weighted by Crippen LogP contribution is -2.08. The maximum atomic E-state index is 12.0. The molecule has 0 unspecified atom stereocenters. The van der Waals surface area contributed by atoms with Gasteiger partial charge in [0.2, 0.25) is 0 Å². The molecule has 112 valence electrons. The summed E-state index contributed by atoms with van der Waals surface area (Å²) in [6.07, 6.45) is 1.07. The van der Waals surface area contributed by atoms with Crippen LogP contribution in [0.2, 0.25) is 0 Å². The van der Waals surface area contributed by atoms with Crippen LogP contribution in [0, 0.1) is 0 Å². The van der Waals surface area contributed by atoms with E-state index >= 15 is 0 Å². The number of Topliss-reactive ketones (excluding diaryl/α,β-unsaturated/α-hetero) is 2. The Hall–Kier alpha value is -3.07. The van der Waals surface area contributed by atoms with Gasteiger partial charge in [0.1, 0.15) is 0 Å². The molecule has 0 bridgehead atoms. The largest absolute Gasteiger partial charge is 0.294 e. The summed E-state index contributed by atoms with van der Waals surface area (Å²) < 4.78 is 0. The van der Waals surface area contributed by atoms with Crippen LogP contribution in [0.4, 0.5) is 5.69 Å². The van der Waals surface area contributed by atoms with E-state index in [-0.39, 0.29) is 18.0 Å². The first kappa shape index (κ1) is 14.9. The van der Waals surface area contributed by atoms with E-state index in [0.29, 0.717) is 5.56 Å². The number of hydrogen-bond donors (Lipinski definition) is 0. The fourth-order valence-corrected chi connectivity index (χ4v) is 2.39. The van der Waals surface area contributed by atoms with Crippen LogP contribution in [0.1, 0.15) is 16.8 Å².